The number of nitrogens with zero attached hydrogens (tertiary/aromatic N) is 2. The lowest BCUT2D eigenvalue weighted by molar-refractivity contribution is -0.121. The molecular weight excluding hydrogens is 258 g/mol. The van der Waals surface area contributed by atoms with E-state index >= 15 is 0 Å². The molecule has 6 nitrogen and oxygen atoms in total. The molecule has 1 amide bonds. The molecule has 104 valence electrons. The number of benzene rings is 1. The number of nitrogens with one attached hydrogen (secondary N) is 1. The molecule has 1 fully saturated rings. The van der Waals surface area contributed by atoms with Gasteiger partial charge in [-0.3, -0.25) is 4.79 Å². The van der Waals surface area contributed by atoms with Gasteiger partial charge in [-0.2, -0.15) is 0 Å². The summed E-state index contributed by atoms with van der Waals surface area (Å²) < 4.78 is 1.81. The fourth-order valence-corrected chi connectivity index (χ4v) is 2.12. The summed E-state index contributed by atoms with van der Waals surface area (Å²) in [5, 5.41) is 11.9. The zero-order valence-corrected chi connectivity index (χ0v) is 10.9. The number of hydrogen-bond acceptors (Lipinski definition) is 3. The molecule has 0 bridgehead atoms. The van der Waals surface area contributed by atoms with E-state index in [4.69, 9.17) is 5.11 Å². The predicted molar refractivity (Wildman–Crippen MR) is 72.5 cm³/mol. The Morgan fingerprint density at radius 3 is 2.90 bits per heavy atom. The van der Waals surface area contributed by atoms with Crippen molar-refractivity contribution in [2.24, 2.45) is 0 Å². The summed E-state index contributed by atoms with van der Waals surface area (Å²) in [7, 11) is 0. The number of rotatable bonds is 5. The number of carboxylic acid groups (broad SMARTS) is 1. The number of aryl methyl sites for hydroxylation is 1. The van der Waals surface area contributed by atoms with Crippen molar-refractivity contribution in [3.63, 3.8) is 0 Å². The second-order valence-electron chi connectivity index (χ2n) is 5.04. The van der Waals surface area contributed by atoms with E-state index in [1.165, 1.54) is 6.07 Å². The standard InChI is InChI=1S/C14H15N3O3/c18-13(16-10-2-3-10)5-6-17-8-15-11-4-1-9(14(19)20)7-12(11)17/h1,4,7-8,10H,2-3,5-6H2,(H,16,18)(H,19,20). The number of carbonyl (C=O) groups excluding carboxylic acids is 1. The Morgan fingerprint density at radius 2 is 2.20 bits per heavy atom. The maximum absolute atomic E-state index is 11.7. The first-order valence-corrected chi connectivity index (χ1v) is 6.61. The average molecular weight is 273 g/mol. The summed E-state index contributed by atoms with van der Waals surface area (Å²) in [6, 6.07) is 5.16. The van der Waals surface area contributed by atoms with Crippen LogP contribution in [0.4, 0.5) is 0 Å². The molecule has 20 heavy (non-hydrogen) atoms. The lowest BCUT2D eigenvalue weighted by atomic mass is 10.2. The van der Waals surface area contributed by atoms with E-state index in [1.54, 1.807) is 18.5 Å². The number of fused-ring (bicyclic) bond motifs is 1. The fraction of sp³-hybridized carbons (Fsp3) is 0.357. The van der Waals surface area contributed by atoms with Crippen molar-refractivity contribution in [2.75, 3.05) is 0 Å². The van der Waals surface area contributed by atoms with E-state index in [1.807, 2.05) is 4.57 Å². The van der Waals surface area contributed by atoms with Crippen molar-refractivity contribution in [1.82, 2.24) is 14.9 Å². The van der Waals surface area contributed by atoms with Gasteiger partial charge in [-0.05, 0) is 31.0 Å². The van der Waals surface area contributed by atoms with Crippen molar-refractivity contribution < 1.29 is 14.7 Å². The minimum absolute atomic E-state index is 0.0312. The SMILES string of the molecule is O=C(CCn1cnc2ccc(C(=O)O)cc21)NC1CC1. The number of imidazole rings is 1. The van der Waals surface area contributed by atoms with Gasteiger partial charge in [0.15, 0.2) is 0 Å². The van der Waals surface area contributed by atoms with Crippen molar-refractivity contribution in [2.45, 2.75) is 31.8 Å². The quantitative estimate of drug-likeness (QED) is 0.862. The van der Waals surface area contributed by atoms with Crippen LogP contribution in [0.1, 0.15) is 29.6 Å². The number of amides is 1. The third-order valence-electron chi connectivity index (χ3n) is 3.39. The largest absolute Gasteiger partial charge is 0.478 e. The lowest BCUT2D eigenvalue weighted by Crippen LogP contribution is -2.26. The lowest BCUT2D eigenvalue weighted by Gasteiger charge is -2.05. The molecule has 0 aliphatic heterocycles. The van der Waals surface area contributed by atoms with Gasteiger partial charge in [-0.25, -0.2) is 9.78 Å². The van der Waals surface area contributed by atoms with Crippen molar-refractivity contribution in [3.8, 4) is 0 Å². The molecule has 1 heterocycles. The Hall–Kier alpha value is -2.37. The van der Waals surface area contributed by atoms with E-state index in [0.29, 0.717) is 19.0 Å². The molecule has 2 N–H and O–H groups in total. The third kappa shape index (κ3) is 2.64. The van der Waals surface area contributed by atoms with Gasteiger partial charge in [-0.15, -0.1) is 0 Å². The summed E-state index contributed by atoms with van der Waals surface area (Å²) in [4.78, 5) is 26.8. The minimum Gasteiger partial charge on any atom is -0.478 e. The zero-order chi connectivity index (χ0) is 14.1. The molecule has 0 spiro atoms. The maximum atomic E-state index is 11.7. The molecule has 0 saturated heterocycles. The predicted octanol–water partition coefficient (Wildman–Crippen LogP) is 1.40. The normalized spacial score (nSPS) is 14.4. The van der Waals surface area contributed by atoms with Crippen LogP contribution in [0.15, 0.2) is 24.5 Å². The first-order valence-electron chi connectivity index (χ1n) is 6.61. The smallest absolute Gasteiger partial charge is 0.335 e. The Morgan fingerprint density at radius 1 is 1.40 bits per heavy atom. The van der Waals surface area contributed by atoms with Gasteiger partial charge >= 0.3 is 5.97 Å². The number of aromatic nitrogens is 2. The molecule has 1 aromatic heterocycles. The molecule has 1 aliphatic carbocycles. The Balaban J connectivity index is 1.74. The van der Waals surface area contributed by atoms with Gasteiger partial charge in [0, 0.05) is 19.0 Å². The number of hydrogen-bond donors (Lipinski definition) is 2. The zero-order valence-electron chi connectivity index (χ0n) is 10.9. The fourth-order valence-electron chi connectivity index (χ4n) is 2.12. The maximum Gasteiger partial charge on any atom is 0.335 e. The molecule has 3 rings (SSSR count). The Labute approximate surface area is 115 Å². The Kier molecular flexibility index (Phi) is 3.14. The second kappa shape index (κ2) is 4.96. The van der Waals surface area contributed by atoms with E-state index in [-0.39, 0.29) is 11.5 Å². The monoisotopic (exact) mass is 273 g/mol. The Bertz CT molecular complexity index is 673. The van der Waals surface area contributed by atoms with Gasteiger partial charge in [0.25, 0.3) is 0 Å². The van der Waals surface area contributed by atoms with Gasteiger partial charge in [0.1, 0.15) is 0 Å². The highest BCUT2D eigenvalue weighted by atomic mass is 16.4. The van der Waals surface area contributed by atoms with Gasteiger partial charge < -0.3 is 15.0 Å². The van der Waals surface area contributed by atoms with Crippen molar-refractivity contribution in [3.05, 3.63) is 30.1 Å². The molecular formula is C14H15N3O3. The summed E-state index contributed by atoms with van der Waals surface area (Å²) in [6.45, 7) is 0.498. The second-order valence-corrected chi connectivity index (χ2v) is 5.04. The van der Waals surface area contributed by atoms with Gasteiger partial charge in [0.05, 0.1) is 22.9 Å². The topological polar surface area (TPSA) is 84.2 Å². The van der Waals surface area contributed by atoms with Gasteiger partial charge in [0.2, 0.25) is 5.91 Å². The highest BCUT2D eigenvalue weighted by Gasteiger charge is 2.22. The van der Waals surface area contributed by atoms with Crippen molar-refractivity contribution >= 4 is 22.9 Å². The van der Waals surface area contributed by atoms with Crippen LogP contribution in [-0.2, 0) is 11.3 Å². The van der Waals surface area contributed by atoms with Crippen LogP contribution in [-0.4, -0.2) is 32.6 Å². The number of aromatic carboxylic acids is 1. The highest BCUT2D eigenvalue weighted by Crippen LogP contribution is 2.19. The van der Waals surface area contributed by atoms with Crippen LogP contribution >= 0.6 is 0 Å². The van der Waals surface area contributed by atoms with Crippen LogP contribution in [0.2, 0.25) is 0 Å². The first kappa shape index (κ1) is 12.7. The summed E-state index contributed by atoms with van der Waals surface area (Å²) in [6.07, 6.45) is 4.16. The van der Waals surface area contributed by atoms with E-state index < -0.39 is 5.97 Å². The summed E-state index contributed by atoms with van der Waals surface area (Å²) >= 11 is 0. The van der Waals surface area contributed by atoms with E-state index in [0.717, 1.165) is 23.9 Å². The average Bonchev–Trinajstić information content (AvgIpc) is 3.14. The summed E-state index contributed by atoms with van der Waals surface area (Å²) in [5.74, 6) is -0.935. The third-order valence-corrected chi connectivity index (χ3v) is 3.39. The van der Waals surface area contributed by atoms with Crippen LogP contribution in [0.25, 0.3) is 11.0 Å². The van der Waals surface area contributed by atoms with Crippen LogP contribution in [0.5, 0.6) is 0 Å². The van der Waals surface area contributed by atoms with Crippen LogP contribution < -0.4 is 5.32 Å². The van der Waals surface area contributed by atoms with Crippen LogP contribution in [0.3, 0.4) is 0 Å². The molecule has 0 unspecified atom stereocenters. The van der Waals surface area contributed by atoms with Crippen molar-refractivity contribution in [1.29, 1.82) is 0 Å². The van der Waals surface area contributed by atoms with E-state index in [9.17, 15) is 9.59 Å². The molecule has 0 atom stereocenters. The van der Waals surface area contributed by atoms with E-state index in [2.05, 4.69) is 10.3 Å². The molecule has 1 aromatic carbocycles. The molecule has 2 aromatic rings. The first-order chi connectivity index (χ1) is 9.63. The highest BCUT2D eigenvalue weighted by molar-refractivity contribution is 5.92. The summed E-state index contributed by atoms with van der Waals surface area (Å²) in [5.41, 5.74) is 1.70. The molecule has 1 saturated carbocycles. The molecule has 1 aliphatic rings. The number of carbonyl (C=O) groups is 2. The van der Waals surface area contributed by atoms with Gasteiger partial charge in [-0.1, -0.05) is 0 Å². The number of carboxylic acids is 1. The molecule has 0 radical (unpaired) electrons. The molecule has 6 heteroatoms. The van der Waals surface area contributed by atoms with Crippen LogP contribution in [0, 0.1) is 0 Å². The minimum atomic E-state index is -0.967.